The quantitative estimate of drug-likeness (QED) is 0.302. The van der Waals surface area contributed by atoms with Crippen molar-refractivity contribution in [3.8, 4) is 0 Å². The Balaban J connectivity index is 1.46. The third-order valence-corrected chi connectivity index (χ3v) is 16.7. The molecule has 1 aromatic carbocycles. The molecule has 0 spiro atoms. The summed E-state index contributed by atoms with van der Waals surface area (Å²) in [6.45, 7) is 9.38. The SMILES string of the molecule is C[C@@H]1CI(c2ccc(NC(=O)C3CCC(CCCS(=O)(=O)C(C)(C)C)CC3)cc2F)C[C@H](C)O1. The monoisotopic (exact) mass is 609 g/mol. The van der Waals surface area contributed by atoms with Gasteiger partial charge in [-0.1, -0.05) is 0 Å². The van der Waals surface area contributed by atoms with Gasteiger partial charge < -0.3 is 0 Å². The van der Waals surface area contributed by atoms with E-state index in [1.165, 1.54) is 6.07 Å². The summed E-state index contributed by atoms with van der Waals surface area (Å²) in [6.07, 6.45) is 5.42. The van der Waals surface area contributed by atoms with E-state index < -0.39 is 34.4 Å². The molecule has 1 saturated heterocycles. The predicted octanol–water partition coefficient (Wildman–Crippen LogP) is 6.05. The minimum absolute atomic E-state index is 0.0342. The van der Waals surface area contributed by atoms with Crippen molar-refractivity contribution in [3.05, 3.63) is 27.6 Å². The second-order valence-corrected chi connectivity index (χ2v) is 19.3. The zero-order chi connectivity index (χ0) is 25.1. The molecule has 1 heterocycles. The summed E-state index contributed by atoms with van der Waals surface area (Å²) in [7, 11) is -3.08. The van der Waals surface area contributed by atoms with Crippen LogP contribution in [0.4, 0.5) is 10.1 Å². The number of carbonyl (C=O) groups is 1. The van der Waals surface area contributed by atoms with Gasteiger partial charge in [-0.15, -0.1) is 0 Å². The van der Waals surface area contributed by atoms with Gasteiger partial charge in [-0.25, -0.2) is 8.42 Å². The van der Waals surface area contributed by atoms with Gasteiger partial charge in [0, 0.05) is 0 Å². The molecule has 5 nitrogen and oxygen atoms in total. The molecule has 2 fully saturated rings. The van der Waals surface area contributed by atoms with Crippen LogP contribution in [-0.4, -0.2) is 45.9 Å². The molecule has 1 amide bonds. The zero-order valence-electron chi connectivity index (χ0n) is 21.2. The number of carbonyl (C=O) groups excluding carboxylic acids is 1. The van der Waals surface area contributed by atoms with Crippen LogP contribution in [-0.2, 0) is 19.4 Å². The summed E-state index contributed by atoms with van der Waals surface area (Å²) in [5, 5.41) is 2.93. The summed E-state index contributed by atoms with van der Waals surface area (Å²) in [5.74, 6) is 0.412. The molecule has 3 rings (SSSR count). The first-order valence-corrected chi connectivity index (χ1v) is 18.2. The van der Waals surface area contributed by atoms with Gasteiger partial charge in [-0.2, -0.15) is 0 Å². The number of sulfone groups is 1. The number of amides is 1. The van der Waals surface area contributed by atoms with Gasteiger partial charge in [0.05, 0.1) is 10.5 Å². The molecule has 1 aromatic rings. The molecule has 194 valence electrons. The molecule has 0 aromatic heterocycles. The minimum atomic E-state index is -3.08. The first kappa shape index (κ1) is 27.8. The van der Waals surface area contributed by atoms with E-state index in [-0.39, 0.29) is 35.6 Å². The van der Waals surface area contributed by atoms with Gasteiger partial charge >= 0.3 is 164 Å². The van der Waals surface area contributed by atoms with E-state index in [1.54, 1.807) is 20.8 Å². The van der Waals surface area contributed by atoms with Crippen LogP contribution >= 0.6 is 19.8 Å². The Bertz CT molecular complexity index is 944. The first-order valence-electron chi connectivity index (χ1n) is 12.5. The average Bonchev–Trinajstić information content (AvgIpc) is 2.72. The Morgan fingerprint density at radius 3 is 2.29 bits per heavy atom. The van der Waals surface area contributed by atoms with Crippen molar-refractivity contribution in [2.75, 3.05) is 19.9 Å². The standard InChI is InChI=1S/C26H41FINO4S/c1-18-16-28(17-19(2)33-18)24-13-12-22(15-23(24)27)29-25(30)21-10-8-20(9-11-21)7-6-14-34(31,32)26(3,4)5/h12-13,15,18-21H,6-11,14,16-17H2,1-5H3,(H,29,30)/t18-,19+,20?,21?. The average molecular weight is 610 g/mol. The number of alkyl halides is 2. The van der Waals surface area contributed by atoms with Crippen LogP contribution in [0.2, 0.25) is 0 Å². The number of nitrogens with one attached hydrogen (secondary N) is 1. The second-order valence-electron chi connectivity index (χ2n) is 10.9. The number of anilines is 1. The summed E-state index contributed by atoms with van der Waals surface area (Å²) >= 11 is -1.61. The summed E-state index contributed by atoms with van der Waals surface area (Å²) in [6, 6.07) is 5.21. The molecule has 0 bridgehead atoms. The van der Waals surface area contributed by atoms with Crippen molar-refractivity contribution in [1.29, 1.82) is 0 Å². The van der Waals surface area contributed by atoms with E-state index in [0.29, 0.717) is 18.0 Å². The maximum absolute atomic E-state index is 14.9. The van der Waals surface area contributed by atoms with Gasteiger partial charge in [0.15, 0.2) is 9.84 Å². The van der Waals surface area contributed by atoms with Crippen LogP contribution in [0.15, 0.2) is 18.2 Å². The zero-order valence-corrected chi connectivity index (χ0v) is 24.2. The van der Waals surface area contributed by atoms with Gasteiger partial charge in [0.25, 0.3) is 0 Å². The fraction of sp³-hybridized carbons (Fsp3) is 0.731. The topological polar surface area (TPSA) is 72.5 Å². The number of ether oxygens (including phenoxy) is 1. The van der Waals surface area contributed by atoms with Crippen molar-refractivity contribution < 1.29 is 22.3 Å². The summed E-state index contributed by atoms with van der Waals surface area (Å²) < 4.78 is 47.4. The number of halogens is 2. The van der Waals surface area contributed by atoms with Crippen LogP contribution in [0.3, 0.4) is 0 Å². The summed E-state index contributed by atoms with van der Waals surface area (Å²) in [5.41, 5.74) is 0.533. The van der Waals surface area contributed by atoms with Crippen molar-refractivity contribution in [2.24, 2.45) is 11.8 Å². The first-order chi connectivity index (χ1) is 15.9. The molecule has 0 unspecified atom stereocenters. The van der Waals surface area contributed by atoms with E-state index in [1.807, 2.05) is 12.1 Å². The van der Waals surface area contributed by atoms with Crippen molar-refractivity contribution >= 4 is 41.3 Å². The van der Waals surface area contributed by atoms with E-state index >= 15 is 0 Å². The van der Waals surface area contributed by atoms with Crippen molar-refractivity contribution in [1.82, 2.24) is 0 Å². The van der Waals surface area contributed by atoms with Crippen LogP contribution < -0.4 is 5.32 Å². The van der Waals surface area contributed by atoms with Gasteiger partial charge in [-0.05, 0) is 20.8 Å². The molecular weight excluding hydrogens is 568 g/mol. The molecule has 1 saturated carbocycles. The molecule has 0 radical (unpaired) electrons. The van der Waals surface area contributed by atoms with Crippen molar-refractivity contribution in [3.63, 3.8) is 0 Å². The van der Waals surface area contributed by atoms with E-state index in [2.05, 4.69) is 19.2 Å². The fourth-order valence-electron chi connectivity index (χ4n) is 4.84. The number of hydrogen-bond acceptors (Lipinski definition) is 4. The van der Waals surface area contributed by atoms with Crippen LogP contribution in [0, 0.1) is 21.2 Å². The van der Waals surface area contributed by atoms with Crippen LogP contribution in [0.5, 0.6) is 0 Å². The Labute approximate surface area is 212 Å². The number of benzene rings is 1. The predicted molar refractivity (Wildman–Crippen MR) is 146 cm³/mol. The number of rotatable bonds is 7. The van der Waals surface area contributed by atoms with Crippen molar-refractivity contribution in [2.45, 2.75) is 90.1 Å². The third-order valence-electron chi connectivity index (χ3n) is 6.92. The Morgan fingerprint density at radius 2 is 1.74 bits per heavy atom. The molecule has 2 aliphatic rings. The molecule has 2 atom stereocenters. The Morgan fingerprint density at radius 1 is 1.12 bits per heavy atom. The fourth-order valence-corrected chi connectivity index (χ4v) is 12.3. The van der Waals surface area contributed by atoms with E-state index in [9.17, 15) is 17.6 Å². The van der Waals surface area contributed by atoms with E-state index in [0.717, 1.165) is 44.5 Å². The summed E-state index contributed by atoms with van der Waals surface area (Å²) in [4.78, 5) is 12.8. The van der Waals surface area contributed by atoms with Gasteiger partial charge in [0.1, 0.15) is 0 Å². The molecule has 1 N–H and O–H groups in total. The second kappa shape index (κ2) is 11.5. The van der Waals surface area contributed by atoms with E-state index in [4.69, 9.17) is 4.74 Å². The Kier molecular flexibility index (Phi) is 9.45. The Hall–Kier alpha value is -0.740. The molecule has 8 heteroatoms. The molecular formula is C26H41FINO4S. The van der Waals surface area contributed by atoms with Crippen LogP contribution in [0.25, 0.3) is 0 Å². The molecule has 34 heavy (non-hydrogen) atoms. The van der Waals surface area contributed by atoms with Gasteiger partial charge in [-0.3, -0.25) is 0 Å². The number of hydrogen-bond donors (Lipinski definition) is 1. The third kappa shape index (κ3) is 7.38. The molecule has 1 aliphatic heterocycles. The molecule has 1 aliphatic carbocycles. The van der Waals surface area contributed by atoms with Gasteiger partial charge in [0.2, 0.25) is 0 Å². The van der Waals surface area contributed by atoms with Crippen LogP contribution in [0.1, 0.15) is 73.1 Å². The maximum atomic E-state index is 14.9. The normalized spacial score (nSPS) is 27.4.